The van der Waals surface area contributed by atoms with Crippen LogP contribution in [-0.4, -0.2) is 30.3 Å². The molecular weight excluding hydrogens is 350 g/mol. The van der Waals surface area contributed by atoms with Crippen LogP contribution in [0.5, 0.6) is 0 Å². The lowest BCUT2D eigenvalue weighted by molar-refractivity contribution is -0.147. The second-order valence-corrected chi connectivity index (χ2v) is 5.98. The van der Waals surface area contributed by atoms with Crippen molar-refractivity contribution in [3.05, 3.63) is 34.3 Å². The molecule has 0 fully saturated rings. The van der Waals surface area contributed by atoms with Crippen molar-refractivity contribution in [2.75, 3.05) is 6.54 Å². The zero-order valence-corrected chi connectivity index (χ0v) is 14.3. The standard InChI is InChI=1S/C16H20BrNO4/c1-11(2)22-16(21)9-10-18-15(20)8-7-14(19)12-3-5-13(17)6-4-12/h3-6,11H,7-10H2,1-2H3,(H,18,20). The lowest BCUT2D eigenvalue weighted by atomic mass is 10.1. The number of hydrogen-bond donors (Lipinski definition) is 1. The first-order valence-electron chi connectivity index (χ1n) is 7.13. The van der Waals surface area contributed by atoms with Crippen LogP contribution in [-0.2, 0) is 14.3 Å². The summed E-state index contributed by atoms with van der Waals surface area (Å²) in [4.78, 5) is 34.8. The van der Waals surface area contributed by atoms with E-state index in [1.165, 1.54) is 0 Å². The van der Waals surface area contributed by atoms with Crippen molar-refractivity contribution in [3.63, 3.8) is 0 Å². The highest BCUT2D eigenvalue weighted by Crippen LogP contribution is 2.12. The highest BCUT2D eigenvalue weighted by Gasteiger charge is 2.10. The zero-order chi connectivity index (χ0) is 16.5. The van der Waals surface area contributed by atoms with E-state index in [4.69, 9.17) is 4.74 Å². The van der Waals surface area contributed by atoms with Gasteiger partial charge in [0.1, 0.15) is 0 Å². The summed E-state index contributed by atoms with van der Waals surface area (Å²) in [6, 6.07) is 7.00. The Bertz CT molecular complexity index is 525. The second kappa shape index (κ2) is 9.35. The first-order valence-corrected chi connectivity index (χ1v) is 7.92. The van der Waals surface area contributed by atoms with Gasteiger partial charge >= 0.3 is 5.97 Å². The van der Waals surface area contributed by atoms with Gasteiger partial charge in [0.15, 0.2) is 5.78 Å². The smallest absolute Gasteiger partial charge is 0.307 e. The maximum absolute atomic E-state index is 11.9. The number of hydrogen-bond acceptors (Lipinski definition) is 4. The third-order valence-corrected chi connectivity index (χ3v) is 3.29. The predicted molar refractivity (Wildman–Crippen MR) is 86.6 cm³/mol. The van der Waals surface area contributed by atoms with Gasteiger partial charge in [-0.1, -0.05) is 28.1 Å². The normalized spacial score (nSPS) is 10.4. The minimum absolute atomic E-state index is 0.0816. The molecule has 0 heterocycles. The molecule has 0 saturated heterocycles. The largest absolute Gasteiger partial charge is 0.463 e. The Labute approximate surface area is 138 Å². The summed E-state index contributed by atoms with van der Waals surface area (Å²) in [6.45, 7) is 3.76. The Morgan fingerprint density at radius 3 is 2.32 bits per heavy atom. The molecule has 0 spiro atoms. The Kier molecular flexibility index (Phi) is 7.80. The molecule has 0 atom stereocenters. The van der Waals surface area contributed by atoms with Crippen LogP contribution in [0.4, 0.5) is 0 Å². The molecule has 0 saturated carbocycles. The number of amides is 1. The Morgan fingerprint density at radius 2 is 1.73 bits per heavy atom. The topological polar surface area (TPSA) is 72.5 Å². The number of halogens is 1. The summed E-state index contributed by atoms with van der Waals surface area (Å²) in [7, 11) is 0. The summed E-state index contributed by atoms with van der Waals surface area (Å²) < 4.78 is 5.85. The minimum atomic E-state index is -0.346. The molecule has 0 bridgehead atoms. The van der Waals surface area contributed by atoms with E-state index in [0.717, 1.165) is 4.47 Å². The maximum Gasteiger partial charge on any atom is 0.307 e. The van der Waals surface area contributed by atoms with E-state index in [-0.39, 0.29) is 49.6 Å². The molecule has 5 nitrogen and oxygen atoms in total. The van der Waals surface area contributed by atoms with E-state index in [0.29, 0.717) is 5.56 Å². The van der Waals surface area contributed by atoms with Crippen LogP contribution in [0.3, 0.4) is 0 Å². The lowest BCUT2D eigenvalue weighted by Crippen LogP contribution is -2.27. The van der Waals surface area contributed by atoms with Crippen molar-refractivity contribution < 1.29 is 19.1 Å². The Hall–Kier alpha value is -1.69. The minimum Gasteiger partial charge on any atom is -0.463 e. The zero-order valence-electron chi connectivity index (χ0n) is 12.7. The number of carbonyl (C=O) groups excluding carboxylic acids is 3. The average molecular weight is 370 g/mol. The van der Waals surface area contributed by atoms with E-state index >= 15 is 0 Å². The van der Waals surface area contributed by atoms with Crippen molar-refractivity contribution in [2.45, 2.75) is 39.2 Å². The molecule has 0 aromatic heterocycles. The maximum atomic E-state index is 11.9. The molecule has 6 heteroatoms. The molecule has 0 aliphatic carbocycles. The first-order chi connectivity index (χ1) is 10.4. The van der Waals surface area contributed by atoms with Gasteiger partial charge in [0.25, 0.3) is 0 Å². The van der Waals surface area contributed by atoms with Crippen LogP contribution < -0.4 is 5.32 Å². The summed E-state index contributed by atoms with van der Waals surface area (Å²) in [5, 5.41) is 2.60. The van der Waals surface area contributed by atoms with Crippen LogP contribution in [0.25, 0.3) is 0 Å². The fraction of sp³-hybridized carbons (Fsp3) is 0.438. The number of Topliss-reactive ketones (excluding diaryl/α,β-unsaturated/α-hetero) is 1. The van der Waals surface area contributed by atoms with E-state index in [2.05, 4.69) is 21.2 Å². The van der Waals surface area contributed by atoms with Gasteiger partial charge in [0, 0.05) is 29.4 Å². The number of ketones is 1. The molecule has 0 radical (unpaired) electrons. The Balaban J connectivity index is 2.24. The van der Waals surface area contributed by atoms with Crippen molar-refractivity contribution in [3.8, 4) is 0 Å². The van der Waals surface area contributed by atoms with Gasteiger partial charge in [-0.2, -0.15) is 0 Å². The molecule has 120 valence electrons. The summed E-state index contributed by atoms with van der Waals surface area (Å²) in [5.74, 6) is -0.675. The summed E-state index contributed by atoms with van der Waals surface area (Å²) >= 11 is 3.30. The van der Waals surface area contributed by atoms with E-state index in [9.17, 15) is 14.4 Å². The first kappa shape index (κ1) is 18.4. The van der Waals surface area contributed by atoms with Crippen LogP contribution >= 0.6 is 15.9 Å². The molecule has 1 aromatic carbocycles. The van der Waals surface area contributed by atoms with Gasteiger partial charge < -0.3 is 10.1 Å². The lowest BCUT2D eigenvalue weighted by Gasteiger charge is -2.08. The average Bonchev–Trinajstić information content (AvgIpc) is 2.44. The number of esters is 1. The van der Waals surface area contributed by atoms with Gasteiger partial charge in [-0.15, -0.1) is 0 Å². The van der Waals surface area contributed by atoms with Crippen LogP contribution in [0.15, 0.2) is 28.7 Å². The fourth-order valence-corrected chi connectivity index (χ4v) is 1.99. The SMILES string of the molecule is CC(C)OC(=O)CCNC(=O)CCC(=O)c1ccc(Br)cc1. The van der Waals surface area contributed by atoms with Gasteiger partial charge in [0.05, 0.1) is 12.5 Å². The molecule has 1 amide bonds. The van der Waals surface area contributed by atoms with E-state index < -0.39 is 0 Å². The fourth-order valence-electron chi connectivity index (χ4n) is 1.72. The summed E-state index contributed by atoms with van der Waals surface area (Å²) in [5.41, 5.74) is 0.580. The highest BCUT2D eigenvalue weighted by molar-refractivity contribution is 9.10. The third-order valence-electron chi connectivity index (χ3n) is 2.76. The number of rotatable bonds is 8. The molecule has 22 heavy (non-hydrogen) atoms. The molecule has 0 aliphatic heterocycles. The number of nitrogens with one attached hydrogen (secondary N) is 1. The van der Waals surface area contributed by atoms with E-state index in [1.807, 2.05) is 0 Å². The summed E-state index contributed by atoms with van der Waals surface area (Å²) in [6.07, 6.45) is 0.217. The monoisotopic (exact) mass is 369 g/mol. The van der Waals surface area contributed by atoms with Crippen LogP contribution in [0.1, 0.15) is 43.5 Å². The quantitative estimate of drug-likeness (QED) is 0.564. The van der Waals surface area contributed by atoms with Crippen molar-refractivity contribution in [1.82, 2.24) is 5.32 Å². The van der Waals surface area contributed by atoms with Gasteiger partial charge in [-0.25, -0.2) is 0 Å². The van der Waals surface area contributed by atoms with Crippen LogP contribution in [0.2, 0.25) is 0 Å². The van der Waals surface area contributed by atoms with Crippen molar-refractivity contribution >= 4 is 33.6 Å². The van der Waals surface area contributed by atoms with Crippen LogP contribution in [0, 0.1) is 0 Å². The predicted octanol–water partition coefficient (Wildman–Crippen LogP) is 2.87. The van der Waals surface area contributed by atoms with Crippen molar-refractivity contribution in [2.24, 2.45) is 0 Å². The number of carbonyl (C=O) groups is 3. The molecule has 0 unspecified atom stereocenters. The number of ether oxygens (including phenoxy) is 1. The molecule has 1 aromatic rings. The van der Waals surface area contributed by atoms with Crippen molar-refractivity contribution in [1.29, 1.82) is 0 Å². The molecule has 1 N–H and O–H groups in total. The molecule has 1 rings (SSSR count). The second-order valence-electron chi connectivity index (χ2n) is 5.07. The molecular formula is C16H20BrNO4. The molecule has 0 aliphatic rings. The van der Waals surface area contributed by atoms with Gasteiger partial charge in [-0.05, 0) is 26.0 Å². The third kappa shape index (κ3) is 7.36. The van der Waals surface area contributed by atoms with Gasteiger partial charge in [-0.3, -0.25) is 14.4 Å². The van der Waals surface area contributed by atoms with E-state index in [1.54, 1.807) is 38.1 Å². The number of benzene rings is 1. The van der Waals surface area contributed by atoms with Gasteiger partial charge in [0.2, 0.25) is 5.91 Å². The Morgan fingerprint density at radius 1 is 1.09 bits per heavy atom. The highest BCUT2D eigenvalue weighted by atomic mass is 79.9.